The molecule has 92 valence electrons. The van der Waals surface area contributed by atoms with Gasteiger partial charge >= 0.3 is 0 Å². The molecule has 2 rings (SSSR count). The van der Waals surface area contributed by atoms with E-state index in [0.717, 1.165) is 11.1 Å². The van der Waals surface area contributed by atoms with Gasteiger partial charge < -0.3 is 4.74 Å². The molecule has 0 aliphatic carbocycles. The SMILES string of the molecule is C/C=C/c1ccc(COc2ccc(C)cn2)cc1. The van der Waals surface area contributed by atoms with Gasteiger partial charge in [-0.15, -0.1) is 0 Å². The van der Waals surface area contributed by atoms with Crippen LogP contribution in [0.5, 0.6) is 5.88 Å². The summed E-state index contributed by atoms with van der Waals surface area (Å²) in [5.74, 6) is 0.665. The molecule has 0 N–H and O–H groups in total. The van der Waals surface area contributed by atoms with Crippen LogP contribution in [0.3, 0.4) is 0 Å². The van der Waals surface area contributed by atoms with E-state index >= 15 is 0 Å². The van der Waals surface area contributed by atoms with Crippen molar-refractivity contribution in [3.63, 3.8) is 0 Å². The average Bonchev–Trinajstić information content (AvgIpc) is 2.40. The minimum Gasteiger partial charge on any atom is -0.473 e. The average molecular weight is 239 g/mol. The second-order valence-electron chi connectivity index (χ2n) is 4.20. The Morgan fingerprint density at radius 2 is 1.89 bits per heavy atom. The van der Waals surface area contributed by atoms with Gasteiger partial charge in [-0.2, -0.15) is 0 Å². The van der Waals surface area contributed by atoms with E-state index in [1.165, 1.54) is 5.56 Å². The van der Waals surface area contributed by atoms with E-state index in [1.807, 2.05) is 38.3 Å². The van der Waals surface area contributed by atoms with Gasteiger partial charge in [-0.1, -0.05) is 42.5 Å². The molecular weight excluding hydrogens is 222 g/mol. The van der Waals surface area contributed by atoms with E-state index in [4.69, 9.17) is 4.74 Å². The number of benzene rings is 1. The van der Waals surface area contributed by atoms with E-state index in [2.05, 4.69) is 35.3 Å². The van der Waals surface area contributed by atoms with Crippen LogP contribution in [-0.2, 0) is 6.61 Å². The van der Waals surface area contributed by atoms with Crippen molar-refractivity contribution in [3.8, 4) is 5.88 Å². The number of ether oxygens (including phenoxy) is 1. The van der Waals surface area contributed by atoms with Gasteiger partial charge in [0.2, 0.25) is 5.88 Å². The van der Waals surface area contributed by atoms with Crippen LogP contribution in [0.25, 0.3) is 6.08 Å². The first-order valence-corrected chi connectivity index (χ1v) is 6.05. The molecule has 0 aliphatic rings. The third kappa shape index (κ3) is 3.45. The Morgan fingerprint density at radius 3 is 2.50 bits per heavy atom. The van der Waals surface area contributed by atoms with Crippen LogP contribution < -0.4 is 4.74 Å². The minimum absolute atomic E-state index is 0.548. The van der Waals surface area contributed by atoms with Gasteiger partial charge in [0, 0.05) is 12.3 Å². The summed E-state index contributed by atoms with van der Waals surface area (Å²) in [6, 6.07) is 12.2. The zero-order valence-electron chi connectivity index (χ0n) is 10.8. The summed E-state index contributed by atoms with van der Waals surface area (Å²) < 4.78 is 5.62. The molecule has 0 radical (unpaired) electrons. The van der Waals surface area contributed by atoms with E-state index in [-0.39, 0.29) is 0 Å². The predicted octanol–water partition coefficient (Wildman–Crippen LogP) is 4.00. The van der Waals surface area contributed by atoms with Crippen LogP contribution in [0, 0.1) is 6.92 Å². The maximum absolute atomic E-state index is 5.62. The lowest BCUT2D eigenvalue weighted by Crippen LogP contribution is -1.97. The van der Waals surface area contributed by atoms with Crippen LogP contribution in [0.2, 0.25) is 0 Å². The summed E-state index contributed by atoms with van der Waals surface area (Å²) in [6.45, 7) is 4.57. The lowest BCUT2D eigenvalue weighted by molar-refractivity contribution is 0.294. The summed E-state index contributed by atoms with van der Waals surface area (Å²) in [7, 11) is 0. The summed E-state index contributed by atoms with van der Waals surface area (Å²) in [6.07, 6.45) is 5.92. The highest BCUT2D eigenvalue weighted by atomic mass is 16.5. The first kappa shape index (κ1) is 12.4. The maximum atomic E-state index is 5.62. The molecule has 18 heavy (non-hydrogen) atoms. The number of aromatic nitrogens is 1. The Labute approximate surface area is 108 Å². The monoisotopic (exact) mass is 239 g/mol. The quantitative estimate of drug-likeness (QED) is 0.804. The highest BCUT2D eigenvalue weighted by molar-refractivity contribution is 5.49. The minimum atomic E-state index is 0.548. The fraction of sp³-hybridized carbons (Fsp3) is 0.188. The molecule has 0 fully saturated rings. The van der Waals surface area contributed by atoms with Crippen molar-refractivity contribution in [1.29, 1.82) is 0 Å². The van der Waals surface area contributed by atoms with Gasteiger partial charge in [0.05, 0.1) is 0 Å². The van der Waals surface area contributed by atoms with Gasteiger partial charge in [-0.25, -0.2) is 4.98 Å². The Kier molecular flexibility index (Phi) is 4.13. The van der Waals surface area contributed by atoms with Gasteiger partial charge in [-0.05, 0) is 30.5 Å². The van der Waals surface area contributed by atoms with Crippen LogP contribution in [0.15, 0.2) is 48.7 Å². The number of nitrogens with zero attached hydrogens (tertiary/aromatic N) is 1. The summed E-state index contributed by atoms with van der Waals surface area (Å²) >= 11 is 0. The fourth-order valence-corrected chi connectivity index (χ4v) is 1.61. The molecule has 0 saturated carbocycles. The predicted molar refractivity (Wildman–Crippen MR) is 74.5 cm³/mol. The fourth-order valence-electron chi connectivity index (χ4n) is 1.61. The van der Waals surface area contributed by atoms with Crippen molar-refractivity contribution in [2.45, 2.75) is 20.5 Å². The van der Waals surface area contributed by atoms with Crippen molar-refractivity contribution in [3.05, 3.63) is 65.4 Å². The van der Waals surface area contributed by atoms with Crippen LogP contribution >= 0.6 is 0 Å². The standard InChI is InChI=1S/C16H17NO/c1-3-4-14-6-8-15(9-7-14)12-18-16-10-5-13(2)11-17-16/h3-11H,12H2,1-2H3/b4-3+. The molecular formula is C16H17NO. The topological polar surface area (TPSA) is 22.1 Å². The Morgan fingerprint density at radius 1 is 1.11 bits per heavy atom. The maximum Gasteiger partial charge on any atom is 0.213 e. The number of aryl methyl sites for hydroxylation is 1. The van der Waals surface area contributed by atoms with Crippen molar-refractivity contribution >= 4 is 6.08 Å². The first-order chi connectivity index (χ1) is 8.78. The Balaban J connectivity index is 1.95. The van der Waals surface area contributed by atoms with E-state index in [9.17, 15) is 0 Å². The Bertz CT molecular complexity index is 512. The van der Waals surface area contributed by atoms with Crippen LogP contribution in [-0.4, -0.2) is 4.98 Å². The second-order valence-corrected chi connectivity index (χ2v) is 4.20. The molecule has 0 unspecified atom stereocenters. The second kappa shape index (κ2) is 6.01. The number of allylic oxidation sites excluding steroid dienone is 1. The molecule has 0 atom stereocenters. The molecule has 1 aromatic heterocycles. The first-order valence-electron chi connectivity index (χ1n) is 6.05. The number of hydrogen-bond donors (Lipinski definition) is 0. The molecule has 0 saturated heterocycles. The zero-order chi connectivity index (χ0) is 12.8. The van der Waals surface area contributed by atoms with E-state index in [0.29, 0.717) is 12.5 Å². The van der Waals surface area contributed by atoms with E-state index < -0.39 is 0 Å². The van der Waals surface area contributed by atoms with Crippen molar-refractivity contribution in [2.24, 2.45) is 0 Å². The van der Waals surface area contributed by atoms with Crippen molar-refractivity contribution in [1.82, 2.24) is 4.98 Å². The normalized spacial score (nSPS) is 10.8. The van der Waals surface area contributed by atoms with Gasteiger partial charge in [0.15, 0.2) is 0 Å². The number of hydrogen-bond acceptors (Lipinski definition) is 2. The van der Waals surface area contributed by atoms with Crippen molar-refractivity contribution < 1.29 is 4.74 Å². The lowest BCUT2D eigenvalue weighted by atomic mass is 10.1. The number of pyridine rings is 1. The van der Waals surface area contributed by atoms with Gasteiger partial charge in [0.1, 0.15) is 6.61 Å². The van der Waals surface area contributed by atoms with Gasteiger partial charge in [0.25, 0.3) is 0 Å². The molecule has 0 amide bonds. The van der Waals surface area contributed by atoms with Crippen LogP contribution in [0.4, 0.5) is 0 Å². The summed E-state index contributed by atoms with van der Waals surface area (Å²) in [5, 5.41) is 0. The highest BCUT2D eigenvalue weighted by Gasteiger charge is 1.97. The lowest BCUT2D eigenvalue weighted by Gasteiger charge is -2.05. The molecule has 1 heterocycles. The molecule has 2 aromatic rings. The third-order valence-electron chi connectivity index (χ3n) is 2.61. The number of rotatable bonds is 4. The molecule has 2 nitrogen and oxygen atoms in total. The molecule has 2 heteroatoms. The largest absolute Gasteiger partial charge is 0.473 e. The molecule has 0 bridgehead atoms. The molecule has 1 aromatic carbocycles. The highest BCUT2D eigenvalue weighted by Crippen LogP contribution is 2.11. The third-order valence-corrected chi connectivity index (χ3v) is 2.61. The summed E-state index contributed by atoms with van der Waals surface area (Å²) in [5.41, 5.74) is 3.48. The van der Waals surface area contributed by atoms with E-state index in [1.54, 1.807) is 0 Å². The zero-order valence-corrected chi connectivity index (χ0v) is 10.8. The molecule has 0 spiro atoms. The van der Waals surface area contributed by atoms with Gasteiger partial charge in [-0.3, -0.25) is 0 Å². The Hall–Kier alpha value is -2.09. The molecule has 0 aliphatic heterocycles. The smallest absolute Gasteiger partial charge is 0.213 e. The van der Waals surface area contributed by atoms with Crippen LogP contribution in [0.1, 0.15) is 23.6 Å². The summed E-state index contributed by atoms with van der Waals surface area (Å²) in [4.78, 5) is 4.21. The van der Waals surface area contributed by atoms with Crippen molar-refractivity contribution in [2.75, 3.05) is 0 Å².